The minimum absolute atomic E-state index is 0.00621. The van der Waals surface area contributed by atoms with E-state index >= 15 is 0 Å². The van der Waals surface area contributed by atoms with Crippen molar-refractivity contribution in [3.8, 4) is 0 Å². The summed E-state index contributed by atoms with van der Waals surface area (Å²) in [6, 6.07) is 10.7. The zero-order valence-electron chi connectivity index (χ0n) is 10.2. The van der Waals surface area contributed by atoms with Crippen LogP contribution in [0.1, 0.15) is 21.6 Å². The molecule has 98 valence electrons. The summed E-state index contributed by atoms with van der Waals surface area (Å²) in [5, 5.41) is 21.0. The first kappa shape index (κ1) is 13.0. The summed E-state index contributed by atoms with van der Waals surface area (Å²) >= 11 is 0. The van der Waals surface area contributed by atoms with Crippen molar-refractivity contribution in [1.29, 1.82) is 0 Å². The molecule has 2 rings (SSSR count). The van der Waals surface area contributed by atoms with Gasteiger partial charge in [-0.1, -0.05) is 24.3 Å². The van der Waals surface area contributed by atoms with Crippen LogP contribution < -0.4 is 5.32 Å². The average Bonchev–Trinajstić information content (AvgIpc) is 2.45. The third-order valence-electron chi connectivity index (χ3n) is 2.65. The molecule has 0 unspecified atom stereocenters. The van der Waals surface area contributed by atoms with Crippen LogP contribution in [0.4, 0.5) is 5.69 Å². The molecule has 1 heterocycles. The lowest BCUT2D eigenvalue weighted by Gasteiger charge is -2.08. The third kappa shape index (κ3) is 3.53. The Morgan fingerprint density at radius 1 is 1.21 bits per heavy atom. The van der Waals surface area contributed by atoms with Crippen LogP contribution in [-0.4, -0.2) is 21.2 Å². The molecule has 0 bridgehead atoms. The number of carbonyl (C=O) groups is 1. The number of aromatic carboxylic acids is 1. The van der Waals surface area contributed by atoms with Crippen LogP contribution >= 0.6 is 0 Å². The minimum atomic E-state index is -1.05. The van der Waals surface area contributed by atoms with Gasteiger partial charge in [-0.25, -0.2) is 9.78 Å². The molecule has 0 saturated carbocycles. The summed E-state index contributed by atoms with van der Waals surface area (Å²) in [6.45, 7) is 0.559. The van der Waals surface area contributed by atoms with Crippen molar-refractivity contribution in [3.05, 3.63) is 59.4 Å². The van der Waals surface area contributed by atoms with E-state index in [1.54, 1.807) is 6.07 Å². The fourth-order valence-corrected chi connectivity index (χ4v) is 1.70. The summed E-state index contributed by atoms with van der Waals surface area (Å²) < 4.78 is 0. The number of nitrogens with one attached hydrogen (secondary N) is 1. The minimum Gasteiger partial charge on any atom is -0.477 e. The highest BCUT2D eigenvalue weighted by molar-refractivity contribution is 5.86. The first-order valence-corrected chi connectivity index (χ1v) is 5.81. The summed E-state index contributed by atoms with van der Waals surface area (Å²) in [4.78, 5) is 14.5. The Hall–Kier alpha value is -2.40. The first-order chi connectivity index (χ1) is 9.19. The highest BCUT2D eigenvalue weighted by Gasteiger charge is 2.04. The Morgan fingerprint density at radius 2 is 2.00 bits per heavy atom. The lowest BCUT2D eigenvalue weighted by molar-refractivity contribution is 0.0690. The third-order valence-corrected chi connectivity index (χ3v) is 2.65. The van der Waals surface area contributed by atoms with Crippen LogP contribution in [0.2, 0.25) is 0 Å². The average molecular weight is 258 g/mol. The number of carboxylic acids is 1. The smallest absolute Gasteiger partial charge is 0.354 e. The zero-order valence-corrected chi connectivity index (χ0v) is 10.2. The van der Waals surface area contributed by atoms with Crippen molar-refractivity contribution in [1.82, 2.24) is 4.98 Å². The van der Waals surface area contributed by atoms with Gasteiger partial charge in [-0.2, -0.15) is 0 Å². The van der Waals surface area contributed by atoms with E-state index in [-0.39, 0.29) is 12.3 Å². The molecule has 1 aromatic carbocycles. The van der Waals surface area contributed by atoms with E-state index in [9.17, 15) is 4.79 Å². The molecule has 3 N–H and O–H groups in total. The predicted octanol–water partition coefficient (Wildman–Crippen LogP) is 1.88. The SMILES string of the molecule is O=C(O)c1cc(NCc2cccc(CO)c2)ccn1. The summed E-state index contributed by atoms with van der Waals surface area (Å²) in [5.41, 5.74) is 2.57. The van der Waals surface area contributed by atoms with Crippen molar-refractivity contribution in [2.45, 2.75) is 13.2 Å². The van der Waals surface area contributed by atoms with Gasteiger partial charge in [0.2, 0.25) is 0 Å². The van der Waals surface area contributed by atoms with Crippen LogP contribution in [0.5, 0.6) is 0 Å². The number of aliphatic hydroxyl groups is 1. The topological polar surface area (TPSA) is 82.5 Å². The number of benzene rings is 1. The fourth-order valence-electron chi connectivity index (χ4n) is 1.70. The Labute approximate surface area is 110 Å². The largest absolute Gasteiger partial charge is 0.477 e. The van der Waals surface area contributed by atoms with Crippen LogP contribution in [0.3, 0.4) is 0 Å². The molecule has 1 aromatic heterocycles. The van der Waals surface area contributed by atoms with Gasteiger partial charge < -0.3 is 15.5 Å². The number of hydrogen-bond donors (Lipinski definition) is 3. The molecule has 0 atom stereocenters. The summed E-state index contributed by atoms with van der Waals surface area (Å²) in [6.07, 6.45) is 1.45. The molecule has 0 fully saturated rings. The van der Waals surface area contributed by atoms with E-state index < -0.39 is 5.97 Å². The number of anilines is 1. The lowest BCUT2D eigenvalue weighted by atomic mass is 10.1. The van der Waals surface area contributed by atoms with Gasteiger partial charge in [-0.05, 0) is 23.3 Å². The molecule has 2 aromatic rings. The van der Waals surface area contributed by atoms with Gasteiger partial charge in [0.1, 0.15) is 5.69 Å². The molecular formula is C14H14N2O3. The highest BCUT2D eigenvalue weighted by atomic mass is 16.4. The van der Waals surface area contributed by atoms with E-state index in [1.165, 1.54) is 12.3 Å². The number of aliphatic hydroxyl groups excluding tert-OH is 1. The normalized spacial score (nSPS) is 10.2. The van der Waals surface area contributed by atoms with Crippen molar-refractivity contribution >= 4 is 11.7 Å². The first-order valence-electron chi connectivity index (χ1n) is 5.81. The van der Waals surface area contributed by atoms with Gasteiger partial charge in [0, 0.05) is 18.4 Å². The lowest BCUT2D eigenvalue weighted by Crippen LogP contribution is -2.04. The zero-order chi connectivity index (χ0) is 13.7. The number of nitrogens with zero attached hydrogens (tertiary/aromatic N) is 1. The van der Waals surface area contributed by atoms with Crippen LogP contribution in [0.25, 0.3) is 0 Å². The summed E-state index contributed by atoms with van der Waals surface area (Å²) in [5.74, 6) is -1.05. The predicted molar refractivity (Wildman–Crippen MR) is 70.9 cm³/mol. The Balaban J connectivity index is 2.05. The second-order valence-electron chi connectivity index (χ2n) is 4.07. The molecule has 0 radical (unpaired) electrons. The highest BCUT2D eigenvalue weighted by Crippen LogP contribution is 2.11. The van der Waals surface area contributed by atoms with Gasteiger partial charge in [0.15, 0.2) is 0 Å². The van der Waals surface area contributed by atoms with Gasteiger partial charge >= 0.3 is 5.97 Å². The van der Waals surface area contributed by atoms with E-state index in [0.717, 1.165) is 11.1 Å². The molecule has 0 aliphatic carbocycles. The van der Waals surface area contributed by atoms with E-state index in [1.807, 2.05) is 24.3 Å². The second kappa shape index (κ2) is 5.97. The number of carboxylic acid groups (broad SMARTS) is 1. The second-order valence-corrected chi connectivity index (χ2v) is 4.07. The Morgan fingerprint density at radius 3 is 2.74 bits per heavy atom. The standard InChI is InChI=1S/C14H14N2O3/c17-9-11-3-1-2-10(6-11)8-16-12-4-5-15-13(7-12)14(18)19/h1-7,17H,8-9H2,(H,15,16)(H,18,19). The maximum Gasteiger partial charge on any atom is 0.354 e. The summed E-state index contributed by atoms with van der Waals surface area (Å²) in [7, 11) is 0. The van der Waals surface area contributed by atoms with Gasteiger partial charge in [-0.15, -0.1) is 0 Å². The van der Waals surface area contributed by atoms with Crippen molar-refractivity contribution < 1.29 is 15.0 Å². The van der Waals surface area contributed by atoms with Crippen molar-refractivity contribution in [2.75, 3.05) is 5.32 Å². The molecule has 0 aliphatic rings. The molecule has 19 heavy (non-hydrogen) atoms. The Bertz CT molecular complexity index is 584. The number of pyridine rings is 1. The van der Waals surface area contributed by atoms with Gasteiger partial charge in [0.05, 0.1) is 6.61 Å². The molecular weight excluding hydrogens is 244 g/mol. The van der Waals surface area contributed by atoms with Crippen LogP contribution in [0.15, 0.2) is 42.6 Å². The number of rotatable bonds is 5. The van der Waals surface area contributed by atoms with Crippen LogP contribution in [0, 0.1) is 0 Å². The van der Waals surface area contributed by atoms with E-state index in [2.05, 4.69) is 10.3 Å². The number of hydrogen-bond acceptors (Lipinski definition) is 4. The Kier molecular flexibility index (Phi) is 4.10. The molecule has 5 heteroatoms. The van der Waals surface area contributed by atoms with Gasteiger partial charge in [-0.3, -0.25) is 0 Å². The van der Waals surface area contributed by atoms with Crippen LogP contribution in [-0.2, 0) is 13.2 Å². The monoisotopic (exact) mass is 258 g/mol. The van der Waals surface area contributed by atoms with Crippen molar-refractivity contribution in [3.63, 3.8) is 0 Å². The molecule has 0 aliphatic heterocycles. The number of aromatic nitrogens is 1. The van der Waals surface area contributed by atoms with Gasteiger partial charge in [0.25, 0.3) is 0 Å². The molecule has 0 saturated heterocycles. The fraction of sp³-hybridized carbons (Fsp3) is 0.143. The molecule has 5 nitrogen and oxygen atoms in total. The van der Waals surface area contributed by atoms with Crippen molar-refractivity contribution in [2.24, 2.45) is 0 Å². The molecule has 0 spiro atoms. The van der Waals surface area contributed by atoms with E-state index in [0.29, 0.717) is 12.2 Å². The van der Waals surface area contributed by atoms with E-state index in [4.69, 9.17) is 10.2 Å². The molecule has 0 amide bonds. The quantitative estimate of drug-likeness (QED) is 0.762. The maximum atomic E-state index is 10.8. The maximum absolute atomic E-state index is 10.8.